The van der Waals surface area contributed by atoms with Crippen LogP contribution in [0.25, 0.3) is 0 Å². The highest BCUT2D eigenvalue weighted by molar-refractivity contribution is 7.99. The van der Waals surface area contributed by atoms with Gasteiger partial charge in [0.2, 0.25) is 0 Å². The zero-order chi connectivity index (χ0) is 18.4. The number of aliphatic imine (C=N–C) groups is 1. The number of ether oxygens (including phenoxy) is 1. The Hall–Kier alpha value is -2.08. The highest BCUT2D eigenvalue weighted by atomic mass is 32.2. The van der Waals surface area contributed by atoms with Crippen molar-refractivity contribution in [3.05, 3.63) is 47.5 Å². The second-order valence-corrected chi connectivity index (χ2v) is 6.79. The van der Waals surface area contributed by atoms with Crippen LogP contribution in [0.1, 0.15) is 18.1 Å². The summed E-state index contributed by atoms with van der Waals surface area (Å²) in [6.45, 7) is 4.17. The number of rotatable bonds is 7. The predicted octanol–water partition coefficient (Wildman–Crippen LogP) is 5.67. The van der Waals surface area contributed by atoms with Crippen LogP contribution in [0.2, 0.25) is 0 Å². The second kappa shape index (κ2) is 8.85. The van der Waals surface area contributed by atoms with Gasteiger partial charge in [-0.25, -0.2) is 4.99 Å². The van der Waals surface area contributed by atoms with Crippen LogP contribution in [0.3, 0.4) is 0 Å². The van der Waals surface area contributed by atoms with E-state index in [1.165, 1.54) is 17.8 Å². The molecule has 0 fully saturated rings. The Balaban J connectivity index is 2.21. The van der Waals surface area contributed by atoms with Crippen molar-refractivity contribution in [3.63, 3.8) is 0 Å². The van der Waals surface area contributed by atoms with Gasteiger partial charge in [-0.3, -0.25) is 0 Å². The van der Waals surface area contributed by atoms with Crippen LogP contribution in [0.4, 0.5) is 14.5 Å². The SMILES string of the molecule is CCN(C)/C=N/c1cc(C)c(Sc2cccc(OC(F)F)c2)cc1C. The van der Waals surface area contributed by atoms with Gasteiger partial charge in [0, 0.05) is 23.4 Å². The summed E-state index contributed by atoms with van der Waals surface area (Å²) in [5, 5.41) is 0. The number of alkyl halides is 2. The van der Waals surface area contributed by atoms with Gasteiger partial charge in [0.25, 0.3) is 0 Å². The summed E-state index contributed by atoms with van der Waals surface area (Å²) in [5.74, 6) is 0.165. The molecule has 3 nitrogen and oxygen atoms in total. The number of aryl methyl sites for hydroxylation is 2. The summed E-state index contributed by atoms with van der Waals surface area (Å²) in [6.07, 6.45) is 1.82. The molecule has 0 amide bonds. The van der Waals surface area contributed by atoms with E-state index in [-0.39, 0.29) is 5.75 Å². The van der Waals surface area contributed by atoms with Crippen molar-refractivity contribution < 1.29 is 13.5 Å². The lowest BCUT2D eigenvalue weighted by Crippen LogP contribution is -2.14. The van der Waals surface area contributed by atoms with Gasteiger partial charge >= 0.3 is 6.61 Å². The third-order valence-corrected chi connectivity index (χ3v) is 4.79. The van der Waals surface area contributed by atoms with E-state index in [1.54, 1.807) is 12.1 Å². The molecule has 25 heavy (non-hydrogen) atoms. The summed E-state index contributed by atoms with van der Waals surface area (Å²) in [4.78, 5) is 8.44. The number of hydrogen-bond donors (Lipinski definition) is 0. The molecule has 0 bridgehead atoms. The summed E-state index contributed by atoms with van der Waals surface area (Å²) < 4.78 is 29.2. The molecule has 0 heterocycles. The first-order chi connectivity index (χ1) is 11.9. The minimum absolute atomic E-state index is 0.165. The van der Waals surface area contributed by atoms with Crippen LogP contribution in [0, 0.1) is 13.8 Å². The van der Waals surface area contributed by atoms with E-state index in [9.17, 15) is 8.78 Å². The topological polar surface area (TPSA) is 24.8 Å². The maximum atomic E-state index is 12.3. The first kappa shape index (κ1) is 19.2. The quantitative estimate of drug-likeness (QED) is 0.467. The monoisotopic (exact) mass is 364 g/mol. The van der Waals surface area contributed by atoms with Gasteiger partial charge in [-0.15, -0.1) is 0 Å². The maximum Gasteiger partial charge on any atom is 0.387 e. The van der Waals surface area contributed by atoms with Crippen molar-refractivity contribution in [1.82, 2.24) is 4.90 Å². The molecular weight excluding hydrogens is 342 g/mol. The van der Waals surface area contributed by atoms with Crippen molar-refractivity contribution in [3.8, 4) is 5.75 Å². The molecule has 0 aromatic heterocycles. The fourth-order valence-electron chi connectivity index (χ4n) is 2.11. The molecule has 2 aromatic rings. The van der Waals surface area contributed by atoms with Crippen molar-refractivity contribution in [2.24, 2.45) is 4.99 Å². The van der Waals surface area contributed by atoms with E-state index < -0.39 is 6.61 Å². The lowest BCUT2D eigenvalue weighted by Gasteiger charge is -2.12. The maximum absolute atomic E-state index is 12.3. The Labute approximate surface area is 151 Å². The Bertz CT molecular complexity index is 750. The summed E-state index contributed by atoms with van der Waals surface area (Å²) in [7, 11) is 1.98. The molecule has 0 saturated heterocycles. The van der Waals surface area contributed by atoms with Crippen molar-refractivity contribution in [1.29, 1.82) is 0 Å². The molecule has 0 N–H and O–H groups in total. The van der Waals surface area contributed by atoms with Crippen molar-refractivity contribution in [2.45, 2.75) is 37.2 Å². The van der Waals surface area contributed by atoms with Gasteiger partial charge in [0.15, 0.2) is 0 Å². The lowest BCUT2D eigenvalue weighted by atomic mass is 10.1. The minimum atomic E-state index is -2.82. The fourth-order valence-corrected chi connectivity index (χ4v) is 3.14. The summed E-state index contributed by atoms with van der Waals surface area (Å²) >= 11 is 1.52. The zero-order valence-electron chi connectivity index (χ0n) is 14.8. The van der Waals surface area contributed by atoms with Gasteiger partial charge < -0.3 is 9.64 Å². The molecule has 2 rings (SSSR count). The number of halogens is 2. The number of hydrogen-bond acceptors (Lipinski definition) is 3. The van der Waals surface area contributed by atoms with Crippen LogP contribution in [-0.2, 0) is 0 Å². The van der Waals surface area contributed by atoms with Gasteiger partial charge in [-0.05, 0) is 62.2 Å². The molecule has 0 radical (unpaired) electrons. The van der Waals surface area contributed by atoms with E-state index in [1.807, 2.05) is 44.3 Å². The van der Waals surface area contributed by atoms with Gasteiger partial charge in [-0.2, -0.15) is 8.78 Å². The first-order valence-electron chi connectivity index (χ1n) is 7.97. The van der Waals surface area contributed by atoms with Crippen LogP contribution in [-0.4, -0.2) is 31.4 Å². The molecule has 0 spiro atoms. The van der Waals surface area contributed by atoms with E-state index in [0.29, 0.717) is 0 Å². The standard InChI is InChI=1S/C19H22F2N2OS/c1-5-23(4)12-22-17-9-14(3)18(10-13(17)2)25-16-8-6-7-15(11-16)24-19(20)21/h6-12,19H,5H2,1-4H3/b22-12+. The van der Waals surface area contributed by atoms with Crippen LogP contribution in [0.15, 0.2) is 51.2 Å². The largest absolute Gasteiger partial charge is 0.435 e. The highest BCUT2D eigenvalue weighted by Crippen LogP contribution is 2.35. The highest BCUT2D eigenvalue weighted by Gasteiger charge is 2.08. The Morgan fingerprint density at radius 3 is 2.64 bits per heavy atom. The first-order valence-corrected chi connectivity index (χ1v) is 8.79. The predicted molar refractivity (Wildman–Crippen MR) is 99.6 cm³/mol. The lowest BCUT2D eigenvalue weighted by molar-refractivity contribution is -0.0499. The molecule has 0 atom stereocenters. The molecule has 6 heteroatoms. The minimum Gasteiger partial charge on any atom is -0.435 e. The summed E-state index contributed by atoms with van der Waals surface area (Å²) in [6, 6.07) is 10.8. The number of benzene rings is 2. The Morgan fingerprint density at radius 1 is 1.20 bits per heavy atom. The molecule has 134 valence electrons. The third-order valence-electron chi connectivity index (χ3n) is 3.64. The Morgan fingerprint density at radius 2 is 1.96 bits per heavy atom. The second-order valence-electron chi connectivity index (χ2n) is 5.68. The van der Waals surface area contributed by atoms with E-state index in [0.717, 1.165) is 33.2 Å². The molecule has 0 aliphatic carbocycles. The third kappa shape index (κ3) is 5.74. The van der Waals surface area contributed by atoms with Crippen molar-refractivity contribution >= 4 is 23.8 Å². The Kier molecular flexibility index (Phi) is 6.82. The van der Waals surface area contributed by atoms with Crippen LogP contribution >= 0.6 is 11.8 Å². The molecule has 0 unspecified atom stereocenters. The van der Waals surface area contributed by atoms with Crippen LogP contribution < -0.4 is 4.74 Å². The van der Waals surface area contributed by atoms with Gasteiger partial charge in [-0.1, -0.05) is 17.8 Å². The van der Waals surface area contributed by atoms with E-state index in [4.69, 9.17) is 0 Å². The van der Waals surface area contributed by atoms with E-state index >= 15 is 0 Å². The van der Waals surface area contributed by atoms with Crippen molar-refractivity contribution in [2.75, 3.05) is 13.6 Å². The van der Waals surface area contributed by atoms with Gasteiger partial charge in [0.05, 0.1) is 12.0 Å². The van der Waals surface area contributed by atoms with Crippen LogP contribution in [0.5, 0.6) is 5.75 Å². The number of nitrogens with zero attached hydrogens (tertiary/aromatic N) is 2. The van der Waals surface area contributed by atoms with Gasteiger partial charge in [0.1, 0.15) is 5.75 Å². The molecule has 0 aliphatic rings. The zero-order valence-corrected chi connectivity index (χ0v) is 15.6. The molecule has 0 saturated carbocycles. The smallest absolute Gasteiger partial charge is 0.387 e. The summed E-state index contributed by atoms with van der Waals surface area (Å²) in [5.41, 5.74) is 3.08. The molecular formula is C19H22F2N2OS. The molecule has 2 aromatic carbocycles. The average molecular weight is 364 g/mol. The average Bonchev–Trinajstić information content (AvgIpc) is 2.56. The molecule has 0 aliphatic heterocycles. The van der Waals surface area contributed by atoms with E-state index in [2.05, 4.69) is 22.7 Å². The normalized spacial score (nSPS) is 11.3. The fraction of sp³-hybridized carbons (Fsp3) is 0.316.